The quantitative estimate of drug-likeness (QED) is 0.835. The highest BCUT2D eigenvalue weighted by atomic mass is 32.2. The van der Waals surface area contributed by atoms with Gasteiger partial charge < -0.3 is 5.32 Å². The summed E-state index contributed by atoms with van der Waals surface area (Å²) in [5.41, 5.74) is 2.00. The Labute approximate surface area is 108 Å². The molecule has 0 saturated carbocycles. The Balaban J connectivity index is 2.11. The normalized spacial score (nSPS) is 16.8. The largest absolute Gasteiger partial charge is 0.312 e. The molecule has 0 aromatic heterocycles. The molecule has 0 unspecified atom stereocenters. The van der Waals surface area contributed by atoms with Crippen LogP contribution in [0.15, 0.2) is 23.1 Å². The first-order valence-corrected chi connectivity index (χ1v) is 7.71. The van der Waals surface area contributed by atoms with Gasteiger partial charge >= 0.3 is 0 Å². The molecule has 1 heterocycles. The number of aryl methyl sites for hydroxylation is 1. The van der Waals surface area contributed by atoms with E-state index < -0.39 is 9.84 Å². The fourth-order valence-corrected chi connectivity index (χ4v) is 3.76. The van der Waals surface area contributed by atoms with Gasteiger partial charge in [0.1, 0.15) is 0 Å². The smallest absolute Gasteiger partial charge is 0.178 e. The highest BCUT2D eigenvalue weighted by Gasteiger charge is 2.23. The second kappa shape index (κ2) is 5.51. The van der Waals surface area contributed by atoms with Crippen LogP contribution in [0, 0.1) is 11.3 Å². The molecule has 0 atom stereocenters. The molecule has 96 valence electrons. The second-order valence-corrected chi connectivity index (χ2v) is 6.53. The first-order valence-electron chi connectivity index (χ1n) is 6.06. The standard InChI is InChI=1S/C13H16N2O2S/c14-6-2-7-15-10-11-4-5-13-12(9-11)3-1-8-18(13,16)17/h4-5,9,15H,1-3,7-8,10H2. The van der Waals surface area contributed by atoms with E-state index in [2.05, 4.69) is 11.4 Å². The van der Waals surface area contributed by atoms with Crippen LogP contribution < -0.4 is 5.32 Å². The number of hydrogen-bond acceptors (Lipinski definition) is 4. The average Bonchev–Trinajstić information content (AvgIpc) is 2.34. The Kier molecular flexibility index (Phi) is 4.00. The van der Waals surface area contributed by atoms with E-state index in [4.69, 9.17) is 5.26 Å². The summed E-state index contributed by atoms with van der Waals surface area (Å²) < 4.78 is 23.7. The van der Waals surface area contributed by atoms with Crippen molar-refractivity contribution in [2.75, 3.05) is 12.3 Å². The molecule has 0 spiro atoms. The molecule has 0 radical (unpaired) electrons. The Morgan fingerprint density at radius 3 is 3.00 bits per heavy atom. The van der Waals surface area contributed by atoms with Gasteiger partial charge in [0.05, 0.1) is 16.7 Å². The van der Waals surface area contributed by atoms with Crippen molar-refractivity contribution < 1.29 is 8.42 Å². The zero-order chi connectivity index (χ0) is 13.0. The number of benzene rings is 1. The minimum absolute atomic E-state index is 0.264. The molecule has 1 aromatic rings. The molecule has 0 fully saturated rings. The van der Waals surface area contributed by atoms with Gasteiger partial charge in [-0.25, -0.2) is 8.42 Å². The summed E-state index contributed by atoms with van der Waals surface area (Å²) in [6.45, 7) is 1.33. The molecule has 1 aliphatic rings. The number of nitrogens with one attached hydrogen (secondary N) is 1. The van der Waals surface area contributed by atoms with E-state index in [1.54, 1.807) is 6.07 Å². The van der Waals surface area contributed by atoms with Crippen molar-refractivity contribution in [3.05, 3.63) is 29.3 Å². The Hall–Kier alpha value is -1.38. The van der Waals surface area contributed by atoms with Crippen LogP contribution in [0.4, 0.5) is 0 Å². The van der Waals surface area contributed by atoms with Gasteiger partial charge in [0.25, 0.3) is 0 Å². The molecule has 1 N–H and O–H groups in total. The van der Waals surface area contributed by atoms with Gasteiger partial charge in [-0.05, 0) is 30.0 Å². The van der Waals surface area contributed by atoms with Crippen molar-refractivity contribution in [1.29, 1.82) is 5.26 Å². The van der Waals surface area contributed by atoms with Gasteiger partial charge in [0.2, 0.25) is 0 Å². The molecule has 18 heavy (non-hydrogen) atoms. The molecule has 0 bridgehead atoms. The van der Waals surface area contributed by atoms with Crippen molar-refractivity contribution >= 4 is 9.84 Å². The number of rotatable bonds is 4. The molecule has 5 heteroatoms. The summed E-state index contributed by atoms with van der Waals surface area (Å²) in [5, 5.41) is 11.6. The van der Waals surface area contributed by atoms with Crippen LogP contribution in [0.2, 0.25) is 0 Å². The van der Waals surface area contributed by atoms with Gasteiger partial charge in [-0.1, -0.05) is 12.1 Å². The average molecular weight is 264 g/mol. The first kappa shape index (κ1) is 13.1. The molecule has 0 saturated heterocycles. The summed E-state index contributed by atoms with van der Waals surface area (Å²) >= 11 is 0. The zero-order valence-electron chi connectivity index (χ0n) is 10.1. The summed E-state index contributed by atoms with van der Waals surface area (Å²) in [5.74, 6) is 0.264. The van der Waals surface area contributed by atoms with Gasteiger partial charge in [0, 0.05) is 19.5 Å². The maximum atomic E-state index is 11.8. The highest BCUT2D eigenvalue weighted by molar-refractivity contribution is 7.91. The van der Waals surface area contributed by atoms with Crippen molar-refractivity contribution in [2.45, 2.75) is 30.7 Å². The number of hydrogen-bond donors (Lipinski definition) is 1. The van der Waals surface area contributed by atoms with E-state index in [1.807, 2.05) is 12.1 Å². The van der Waals surface area contributed by atoms with E-state index in [9.17, 15) is 8.42 Å². The molecule has 1 aromatic carbocycles. The van der Waals surface area contributed by atoms with Crippen LogP contribution in [0.5, 0.6) is 0 Å². The van der Waals surface area contributed by atoms with Crippen LogP contribution in [-0.2, 0) is 22.8 Å². The Morgan fingerprint density at radius 2 is 2.22 bits per heavy atom. The van der Waals surface area contributed by atoms with E-state index >= 15 is 0 Å². The predicted molar refractivity (Wildman–Crippen MR) is 68.8 cm³/mol. The Morgan fingerprint density at radius 1 is 1.39 bits per heavy atom. The monoisotopic (exact) mass is 264 g/mol. The third-order valence-corrected chi connectivity index (χ3v) is 4.96. The number of nitriles is 1. The van der Waals surface area contributed by atoms with Crippen LogP contribution in [0.25, 0.3) is 0 Å². The number of fused-ring (bicyclic) bond motifs is 1. The van der Waals surface area contributed by atoms with Gasteiger partial charge in [0.15, 0.2) is 9.84 Å². The fourth-order valence-electron chi connectivity index (χ4n) is 2.18. The van der Waals surface area contributed by atoms with Crippen molar-refractivity contribution in [3.8, 4) is 6.07 Å². The molecular weight excluding hydrogens is 248 g/mol. The summed E-state index contributed by atoms with van der Waals surface area (Å²) in [6, 6.07) is 7.60. The molecule has 2 rings (SSSR count). The van der Waals surface area contributed by atoms with Crippen LogP contribution in [0.3, 0.4) is 0 Å². The topological polar surface area (TPSA) is 70.0 Å². The minimum atomic E-state index is -3.05. The first-order chi connectivity index (χ1) is 8.63. The third-order valence-electron chi connectivity index (χ3n) is 3.06. The zero-order valence-corrected chi connectivity index (χ0v) is 11.0. The van der Waals surface area contributed by atoms with Gasteiger partial charge in [-0.2, -0.15) is 5.26 Å². The molecule has 0 amide bonds. The van der Waals surface area contributed by atoms with Crippen molar-refractivity contribution in [1.82, 2.24) is 5.32 Å². The Bertz CT molecular complexity index is 573. The van der Waals surface area contributed by atoms with E-state index in [0.717, 1.165) is 17.5 Å². The van der Waals surface area contributed by atoms with Crippen LogP contribution >= 0.6 is 0 Å². The molecular formula is C13H16N2O2S. The maximum absolute atomic E-state index is 11.8. The summed E-state index contributed by atoms with van der Waals surface area (Å²) in [6.07, 6.45) is 2.03. The molecule has 0 aliphatic carbocycles. The second-order valence-electron chi connectivity index (χ2n) is 4.45. The summed E-state index contributed by atoms with van der Waals surface area (Å²) in [7, 11) is -3.05. The lowest BCUT2D eigenvalue weighted by Gasteiger charge is -2.17. The van der Waals surface area contributed by atoms with Gasteiger partial charge in [-0.15, -0.1) is 0 Å². The molecule has 1 aliphatic heterocycles. The van der Waals surface area contributed by atoms with Crippen LogP contribution in [-0.4, -0.2) is 20.7 Å². The minimum Gasteiger partial charge on any atom is -0.312 e. The summed E-state index contributed by atoms with van der Waals surface area (Å²) in [4.78, 5) is 0.495. The van der Waals surface area contributed by atoms with Crippen molar-refractivity contribution in [2.24, 2.45) is 0 Å². The lowest BCUT2D eigenvalue weighted by Crippen LogP contribution is -2.18. The predicted octanol–water partition coefficient (Wildman–Crippen LogP) is 1.41. The SMILES string of the molecule is N#CCCNCc1ccc2c(c1)CCCS2(=O)=O. The van der Waals surface area contributed by atoms with Crippen molar-refractivity contribution in [3.63, 3.8) is 0 Å². The molecule has 4 nitrogen and oxygen atoms in total. The lowest BCUT2D eigenvalue weighted by atomic mass is 10.1. The van der Waals surface area contributed by atoms with E-state index in [0.29, 0.717) is 30.8 Å². The highest BCUT2D eigenvalue weighted by Crippen LogP contribution is 2.25. The third kappa shape index (κ3) is 2.89. The van der Waals surface area contributed by atoms with E-state index in [-0.39, 0.29) is 5.75 Å². The number of sulfone groups is 1. The number of nitrogens with zero attached hydrogens (tertiary/aromatic N) is 1. The lowest BCUT2D eigenvalue weighted by molar-refractivity contribution is 0.586. The van der Waals surface area contributed by atoms with Crippen LogP contribution in [0.1, 0.15) is 24.0 Å². The fraction of sp³-hybridized carbons (Fsp3) is 0.462. The van der Waals surface area contributed by atoms with Gasteiger partial charge in [-0.3, -0.25) is 0 Å². The van der Waals surface area contributed by atoms with E-state index in [1.165, 1.54) is 0 Å². The maximum Gasteiger partial charge on any atom is 0.178 e.